The molecule has 0 bridgehead atoms. The lowest BCUT2D eigenvalue weighted by atomic mass is 9.88. The first-order chi connectivity index (χ1) is 9.09. The summed E-state index contributed by atoms with van der Waals surface area (Å²) in [5.41, 5.74) is 1.07. The molecular weight excluding hydrogens is 272 g/mol. The van der Waals surface area contributed by atoms with Gasteiger partial charge in [-0.15, -0.1) is 12.4 Å². The summed E-state index contributed by atoms with van der Waals surface area (Å²) in [5.74, 6) is 0.560. The molecule has 3 nitrogen and oxygen atoms in total. The molecule has 0 radical (unpaired) electrons. The Morgan fingerprint density at radius 2 is 1.95 bits per heavy atom. The molecule has 2 N–H and O–H groups in total. The molecule has 1 saturated heterocycles. The van der Waals surface area contributed by atoms with E-state index in [2.05, 4.69) is 24.5 Å². The van der Waals surface area contributed by atoms with Gasteiger partial charge in [0.15, 0.2) is 0 Å². The van der Waals surface area contributed by atoms with Crippen LogP contribution in [0.25, 0.3) is 0 Å². The molecule has 4 unspecified atom stereocenters. The topological polar surface area (TPSA) is 41.1 Å². The molecule has 2 rings (SSSR count). The Kier molecular flexibility index (Phi) is 6.50. The molecule has 4 atom stereocenters. The molecule has 4 heteroatoms. The maximum atomic E-state index is 12.4. The number of carbonyl (C=O) groups is 1. The van der Waals surface area contributed by atoms with Gasteiger partial charge in [0.25, 0.3) is 0 Å². The van der Waals surface area contributed by atoms with E-state index in [4.69, 9.17) is 0 Å². The molecule has 0 spiro atoms. The van der Waals surface area contributed by atoms with Gasteiger partial charge < -0.3 is 10.6 Å². The monoisotopic (exact) mass is 296 g/mol. The van der Waals surface area contributed by atoms with Crippen LogP contribution in [-0.4, -0.2) is 24.5 Å². The highest BCUT2D eigenvalue weighted by Crippen LogP contribution is 2.19. The van der Waals surface area contributed by atoms with Crippen LogP contribution >= 0.6 is 12.4 Å². The predicted molar refractivity (Wildman–Crippen MR) is 85.3 cm³/mol. The van der Waals surface area contributed by atoms with E-state index < -0.39 is 0 Å². The number of benzene rings is 1. The number of piperidine rings is 1. The highest BCUT2D eigenvalue weighted by Gasteiger charge is 2.30. The summed E-state index contributed by atoms with van der Waals surface area (Å²) < 4.78 is 0. The van der Waals surface area contributed by atoms with Crippen molar-refractivity contribution < 1.29 is 4.79 Å². The Bertz CT molecular complexity index is 414. The van der Waals surface area contributed by atoms with Crippen molar-refractivity contribution >= 4 is 18.3 Å². The third-order valence-electron chi connectivity index (χ3n) is 4.22. The zero-order valence-corrected chi connectivity index (χ0v) is 13.2. The molecule has 0 saturated carbocycles. The van der Waals surface area contributed by atoms with Crippen LogP contribution in [0.5, 0.6) is 0 Å². The number of hydrogen-bond acceptors (Lipinski definition) is 2. The van der Waals surface area contributed by atoms with Crippen molar-refractivity contribution in [1.29, 1.82) is 0 Å². The third kappa shape index (κ3) is 3.97. The second-order valence-electron chi connectivity index (χ2n) is 5.68. The Balaban J connectivity index is 0.00000200. The Hall–Kier alpha value is -1.06. The van der Waals surface area contributed by atoms with Crippen molar-refractivity contribution in [2.24, 2.45) is 5.92 Å². The fourth-order valence-corrected chi connectivity index (χ4v) is 2.79. The fourth-order valence-electron chi connectivity index (χ4n) is 2.79. The van der Waals surface area contributed by atoms with Gasteiger partial charge in [-0.2, -0.15) is 0 Å². The van der Waals surface area contributed by atoms with Gasteiger partial charge in [-0.05, 0) is 38.3 Å². The quantitative estimate of drug-likeness (QED) is 0.900. The van der Waals surface area contributed by atoms with Crippen molar-refractivity contribution in [1.82, 2.24) is 10.6 Å². The number of nitrogens with one attached hydrogen (secondary N) is 2. The Morgan fingerprint density at radius 1 is 1.30 bits per heavy atom. The standard InChI is InChI=1S/C16H24N2O.ClH/c1-11-9-10-17-13(3)15(11)18-16(19)12(2)14-7-5-4-6-8-14;/h4-8,11-13,15,17H,9-10H2,1-3H3,(H,18,19);1H. The molecule has 1 aliphatic rings. The van der Waals surface area contributed by atoms with Crippen molar-refractivity contribution in [2.45, 2.75) is 45.2 Å². The molecule has 0 aromatic heterocycles. The summed E-state index contributed by atoms with van der Waals surface area (Å²) in [6.45, 7) is 7.38. The summed E-state index contributed by atoms with van der Waals surface area (Å²) in [6.07, 6.45) is 1.12. The van der Waals surface area contributed by atoms with Gasteiger partial charge in [0.2, 0.25) is 5.91 Å². The van der Waals surface area contributed by atoms with Crippen molar-refractivity contribution in [3.8, 4) is 0 Å². The first-order valence-electron chi connectivity index (χ1n) is 7.18. The van der Waals surface area contributed by atoms with Gasteiger partial charge in [-0.3, -0.25) is 4.79 Å². The highest BCUT2D eigenvalue weighted by molar-refractivity contribution is 5.85. The summed E-state index contributed by atoms with van der Waals surface area (Å²) in [6, 6.07) is 10.5. The molecule has 1 amide bonds. The molecular formula is C16H25ClN2O. The van der Waals surface area contributed by atoms with Crippen LogP contribution < -0.4 is 10.6 Å². The molecule has 1 heterocycles. The highest BCUT2D eigenvalue weighted by atomic mass is 35.5. The summed E-state index contributed by atoms with van der Waals surface area (Å²) >= 11 is 0. The molecule has 112 valence electrons. The van der Waals surface area contributed by atoms with Crippen LogP contribution in [0.2, 0.25) is 0 Å². The van der Waals surface area contributed by atoms with Crippen LogP contribution in [0.1, 0.15) is 38.7 Å². The molecule has 20 heavy (non-hydrogen) atoms. The fraction of sp³-hybridized carbons (Fsp3) is 0.562. The van der Waals surface area contributed by atoms with E-state index >= 15 is 0 Å². The minimum atomic E-state index is -0.0949. The van der Waals surface area contributed by atoms with Crippen LogP contribution in [0, 0.1) is 5.92 Å². The SMILES string of the molecule is CC(C(=O)NC1C(C)CCNC1C)c1ccccc1.Cl. The molecule has 1 aliphatic heterocycles. The number of carbonyl (C=O) groups excluding carboxylic acids is 1. The Labute approximate surface area is 127 Å². The molecule has 0 aliphatic carbocycles. The third-order valence-corrected chi connectivity index (χ3v) is 4.22. The average molecular weight is 297 g/mol. The minimum absolute atomic E-state index is 0. The van der Waals surface area contributed by atoms with Gasteiger partial charge in [-0.1, -0.05) is 37.3 Å². The second-order valence-corrected chi connectivity index (χ2v) is 5.68. The van der Waals surface area contributed by atoms with Gasteiger partial charge in [-0.25, -0.2) is 0 Å². The van der Waals surface area contributed by atoms with Crippen LogP contribution in [0.4, 0.5) is 0 Å². The summed E-state index contributed by atoms with van der Waals surface area (Å²) in [4.78, 5) is 12.4. The molecule has 1 fully saturated rings. The van der Waals surface area contributed by atoms with E-state index in [0.717, 1.165) is 18.5 Å². The van der Waals surface area contributed by atoms with E-state index in [1.165, 1.54) is 0 Å². The van der Waals surface area contributed by atoms with Gasteiger partial charge >= 0.3 is 0 Å². The number of hydrogen-bond donors (Lipinski definition) is 2. The van der Waals surface area contributed by atoms with E-state index in [0.29, 0.717) is 12.0 Å². The van der Waals surface area contributed by atoms with E-state index in [1.807, 2.05) is 37.3 Å². The lowest BCUT2D eigenvalue weighted by molar-refractivity contribution is -0.123. The second kappa shape index (κ2) is 7.65. The lowest BCUT2D eigenvalue weighted by Gasteiger charge is -2.36. The normalized spacial score (nSPS) is 27.2. The van der Waals surface area contributed by atoms with Gasteiger partial charge in [0, 0.05) is 12.1 Å². The summed E-state index contributed by atoms with van der Waals surface area (Å²) in [5, 5.41) is 6.65. The number of rotatable bonds is 3. The zero-order chi connectivity index (χ0) is 13.8. The Morgan fingerprint density at radius 3 is 2.55 bits per heavy atom. The average Bonchev–Trinajstić information content (AvgIpc) is 2.43. The smallest absolute Gasteiger partial charge is 0.227 e. The lowest BCUT2D eigenvalue weighted by Crippen LogP contribution is -2.56. The van der Waals surface area contributed by atoms with Crippen LogP contribution in [0.15, 0.2) is 30.3 Å². The van der Waals surface area contributed by atoms with Crippen molar-refractivity contribution in [3.63, 3.8) is 0 Å². The van der Waals surface area contributed by atoms with Crippen molar-refractivity contribution in [3.05, 3.63) is 35.9 Å². The summed E-state index contributed by atoms with van der Waals surface area (Å²) in [7, 11) is 0. The van der Waals surface area contributed by atoms with E-state index in [-0.39, 0.29) is 30.3 Å². The van der Waals surface area contributed by atoms with Crippen LogP contribution in [0.3, 0.4) is 0 Å². The van der Waals surface area contributed by atoms with Crippen molar-refractivity contribution in [2.75, 3.05) is 6.54 Å². The van der Waals surface area contributed by atoms with Crippen LogP contribution in [-0.2, 0) is 4.79 Å². The van der Waals surface area contributed by atoms with E-state index in [1.54, 1.807) is 0 Å². The zero-order valence-electron chi connectivity index (χ0n) is 12.4. The minimum Gasteiger partial charge on any atom is -0.351 e. The number of amides is 1. The molecule has 1 aromatic carbocycles. The van der Waals surface area contributed by atoms with Gasteiger partial charge in [0.1, 0.15) is 0 Å². The maximum absolute atomic E-state index is 12.4. The number of halogens is 1. The molecule has 1 aromatic rings. The first kappa shape index (κ1) is 17.0. The van der Waals surface area contributed by atoms with Gasteiger partial charge in [0.05, 0.1) is 5.92 Å². The largest absolute Gasteiger partial charge is 0.351 e. The van der Waals surface area contributed by atoms with E-state index in [9.17, 15) is 4.79 Å². The first-order valence-corrected chi connectivity index (χ1v) is 7.18. The predicted octanol–water partition coefficient (Wildman–Crippen LogP) is 2.71. The maximum Gasteiger partial charge on any atom is 0.227 e.